The summed E-state index contributed by atoms with van der Waals surface area (Å²) in [4.78, 5) is 26.2. The molecule has 0 saturated carbocycles. The zero-order chi connectivity index (χ0) is 12.1. The molecule has 0 radical (unpaired) electrons. The zero-order valence-corrected chi connectivity index (χ0v) is 9.66. The summed E-state index contributed by atoms with van der Waals surface area (Å²) in [6.45, 7) is 0.520. The Hall–Kier alpha value is -1.89. The van der Waals surface area contributed by atoms with Crippen molar-refractivity contribution in [2.24, 2.45) is 0 Å². The summed E-state index contributed by atoms with van der Waals surface area (Å²) in [6, 6.07) is -0.329. The molecule has 0 atom stereocenters. The van der Waals surface area contributed by atoms with Crippen molar-refractivity contribution < 1.29 is 4.79 Å². The van der Waals surface area contributed by atoms with E-state index in [0.717, 1.165) is 6.42 Å². The number of aromatic nitrogens is 4. The van der Waals surface area contributed by atoms with Gasteiger partial charge in [0.05, 0.1) is 6.33 Å². The molecular weight excluding hydrogens is 244 g/mol. The highest BCUT2D eigenvalue weighted by Crippen LogP contribution is 2.13. The largest absolute Gasteiger partial charge is 0.340 e. The molecule has 2 heterocycles. The first-order valence-corrected chi connectivity index (χ1v) is 5.59. The first kappa shape index (κ1) is 11.6. The summed E-state index contributed by atoms with van der Waals surface area (Å²) in [6.07, 6.45) is 3.56. The van der Waals surface area contributed by atoms with E-state index in [9.17, 15) is 4.79 Å². The monoisotopic (exact) mass is 254 g/mol. The van der Waals surface area contributed by atoms with Gasteiger partial charge in [-0.25, -0.2) is 19.7 Å². The van der Waals surface area contributed by atoms with Crippen LogP contribution in [0.2, 0.25) is 0 Å². The van der Waals surface area contributed by atoms with Crippen molar-refractivity contribution in [3.05, 3.63) is 12.7 Å². The number of hydrogen-bond acceptors (Lipinski definition) is 4. The number of hydrogen-bond donors (Lipinski definition) is 3. The second-order valence-corrected chi connectivity index (χ2v) is 3.62. The topological polar surface area (TPSA) is 95.6 Å². The predicted octanol–water partition coefficient (Wildman–Crippen LogP) is 1.10. The minimum Gasteiger partial charge on any atom is -0.340 e. The Labute approximate surface area is 102 Å². The Balaban J connectivity index is 2.03. The number of amides is 2. The molecule has 2 amide bonds. The fourth-order valence-electron chi connectivity index (χ4n) is 1.28. The highest BCUT2D eigenvalue weighted by Gasteiger charge is 2.08. The van der Waals surface area contributed by atoms with Crippen LogP contribution in [0, 0.1) is 0 Å². The van der Waals surface area contributed by atoms with Crippen LogP contribution >= 0.6 is 11.6 Å². The molecule has 2 rings (SSSR count). The average molecular weight is 255 g/mol. The van der Waals surface area contributed by atoms with Gasteiger partial charge in [-0.1, -0.05) is 0 Å². The Bertz CT molecular complexity index is 513. The van der Waals surface area contributed by atoms with E-state index in [2.05, 4.69) is 30.6 Å². The number of alkyl halides is 1. The van der Waals surface area contributed by atoms with Crippen LogP contribution in [-0.2, 0) is 0 Å². The predicted molar refractivity (Wildman–Crippen MR) is 64.0 cm³/mol. The van der Waals surface area contributed by atoms with Gasteiger partial charge in [-0.15, -0.1) is 11.6 Å². The second-order valence-electron chi connectivity index (χ2n) is 3.25. The third-order valence-corrected chi connectivity index (χ3v) is 2.32. The summed E-state index contributed by atoms with van der Waals surface area (Å²) in [5.74, 6) is 0.911. The van der Waals surface area contributed by atoms with Crippen LogP contribution < -0.4 is 10.6 Å². The van der Waals surface area contributed by atoms with Gasteiger partial charge >= 0.3 is 6.03 Å². The van der Waals surface area contributed by atoms with E-state index < -0.39 is 0 Å². The van der Waals surface area contributed by atoms with Crippen LogP contribution in [0.15, 0.2) is 12.7 Å². The van der Waals surface area contributed by atoms with E-state index in [1.54, 1.807) is 0 Å². The average Bonchev–Trinajstić information content (AvgIpc) is 2.78. The Kier molecular flexibility index (Phi) is 3.71. The number of urea groups is 1. The van der Waals surface area contributed by atoms with Crippen LogP contribution in [0.5, 0.6) is 0 Å². The van der Waals surface area contributed by atoms with Gasteiger partial charge < -0.3 is 10.3 Å². The number of carbonyl (C=O) groups is 1. The highest BCUT2D eigenvalue weighted by atomic mass is 35.5. The first-order chi connectivity index (χ1) is 8.31. The van der Waals surface area contributed by atoms with Gasteiger partial charge in [0.25, 0.3) is 0 Å². The number of anilines is 1. The molecule has 0 saturated heterocycles. The van der Waals surface area contributed by atoms with Crippen molar-refractivity contribution in [1.82, 2.24) is 25.3 Å². The molecule has 0 aromatic carbocycles. The van der Waals surface area contributed by atoms with Crippen molar-refractivity contribution in [3.63, 3.8) is 0 Å². The number of aromatic amines is 1. The Morgan fingerprint density at radius 3 is 3.12 bits per heavy atom. The van der Waals surface area contributed by atoms with Gasteiger partial charge in [-0.2, -0.15) is 0 Å². The van der Waals surface area contributed by atoms with Crippen LogP contribution in [0.1, 0.15) is 6.42 Å². The van der Waals surface area contributed by atoms with E-state index in [4.69, 9.17) is 11.6 Å². The summed E-state index contributed by atoms with van der Waals surface area (Å²) in [5, 5.41) is 5.27. The van der Waals surface area contributed by atoms with E-state index in [0.29, 0.717) is 29.4 Å². The lowest BCUT2D eigenvalue weighted by Gasteiger charge is -2.06. The summed E-state index contributed by atoms with van der Waals surface area (Å²) < 4.78 is 0. The van der Waals surface area contributed by atoms with E-state index in [1.807, 2.05) is 0 Å². The number of rotatable bonds is 4. The van der Waals surface area contributed by atoms with Gasteiger partial charge in [0.2, 0.25) is 0 Å². The van der Waals surface area contributed by atoms with Crippen molar-refractivity contribution in [1.29, 1.82) is 0 Å². The molecule has 3 N–H and O–H groups in total. The molecule has 17 heavy (non-hydrogen) atoms. The number of fused-ring (bicyclic) bond motifs is 1. The van der Waals surface area contributed by atoms with Crippen molar-refractivity contribution in [2.75, 3.05) is 17.7 Å². The highest BCUT2D eigenvalue weighted by molar-refractivity contribution is 6.17. The summed E-state index contributed by atoms with van der Waals surface area (Å²) in [5.41, 5.74) is 1.11. The van der Waals surface area contributed by atoms with Crippen molar-refractivity contribution >= 4 is 34.6 Å². The van der Waals surface area contributed by atoms with Gasteiger partial charge in [0, 0.05) is 12.4 Å². The molecule has 90 valence electrons. The van der Waals surface area contributed by atoms with Gasteiger partial charge in [0.1, 0.15) is 11.8 Å². The maximum atomic E-state index is 11.5. The van der Waals surface area contributed by atoms with Crippen molar-refractivity contribution in [3.8, 4) is 0 Å². The number of H-pyrrole nitrogens is 1. The number of nitrogens with zero attached hydrogens (tertiary/aromatic N) is 3. The SMILES string of the molecule is O=C(NCCCCl)Nc1ncnc2nc[nH]c12. The second kappa shape index (κ2) is 5.44. The Morgan fingerprint density at radius 1 is 1.41 bits per heavy atom. The molecule has 2 aromatic rings. The van der Waals surface area contributed by atoms with Crippen LogP contribution in [0.4, 0.5) is 10.6 Å². The van der Waals surface area contributed by atoms with Crippen molar-refractivity contribution in [2.45, 2.75) is 6.42 Å². The number of halogens is 1. The van der Waals surface area contributed by atoms with E-state index >= 15 is 0 Å². The van der Waals surface area contributed by atoms with E-state index in [1.165, 1.54) is 12.7 Å². The maximum Gasteiger partial charge on any atom is 0.320 e. The minimum absolute atomic E-state index is 0.329. The standard InChI is InChI=1S/C9H11ClN6O/c10-2-1-3-11-9(17)16-8-6-7(13-4-12-6)14-5-15-8/h4-5H,1-3H2,(H3,11,12,13,14,15,16,17). The fraction of sp³-hybridized carbons (Fsp3) is 0.333. The summed E-state index contributed by atoms with van der Waals surface area (Å²) in [7, 11) is 0. The first-order valence-electron chi connectivity index (χ1n) is 5.06. The summed E-state index contributed by atoms with van der Waals surface area (Å²) >= 11 is 5.50. The molecule has 8 heteroatoms. The third-order valence-electron chi connectivity index (χ3n) is 2.05. The third kappa shape index (κ3) is 2.82. The Morgan fingerprint density at radius 2 is 2.29 bits per heavy atom. The van der Waals surface area contributed by atoms with Gasteiger partial charge in [0.15, 0.2) is 11.5 Å². The lowest BCUT2D eigenvalue weighted by molar-refractivity contribution is 0.252. The van der Waals surface area contributed by atoms with Gasteiger partial charge in [-0.05, 0) is 6.42 Å². The molecule has 0 aliphatic carbocycles. The molecule has 2 aromatic heterocycles. The molecule has 0 aliphatic rings. The van der Waals surface area contributed by atoms with E-state index in [-0.39, 0.29) is 6.03 Å². The smallest absolute Gasteiger partial charge is 0.320 e. The number of imidazole rings is 1. The molecular formula is C9H11ClN6O. The molecule has 0 aliphatic heterocycles. The number of carbonyl (C=O) groups excluding carboxylic acids is 1. The number of nitrogens with one attached hydrogen (secondary N) is 3. The van der Waals surface area contributed by atoms with Crippen LogP contribution in [-0.4, -0.2) is 38.4 Å². The molecule has 0 fully saturated rings. The van der Waals surface area contributed by atoms with Gasteiger partial charge in [-0.3, -0.25) is 5.32 Å². The lowest BCUT2D eigenvalue weighted by atomic mass is 10.5. The molecule has 0 spiro atoms. The molecule has 0 bridgehead atoms. The fourth-order valence-corrected chi connectivity index (χ4v) is 1.41. The maximum absolute atomic E-state index is 11.5. The normalized spacial score (nSPS) is 10.4. The van der Waals surface area contributed by atoms with Crippen LogP contribution in [0.25, 0.3) is 11.2 Å². The molecule has 0 unspecified atom stereocenters. The quantitative estimate of drug-likeness (QED) is 0.562. The lowest BCUT2D eigenvalue weighted by Crippen LogP contribution is -2.30. The minimum atomic E-state index is -0.329. The molecule has 7 nitrogen and oxygen atoms in total. The van der Waals surface area contributed by atoms with Crippen LogP contribution in [0.3, 0.4) is 0 Å². The zero-order valence-electron chi connectivity index (χ0n) is 8.90.